The minimum absolute atomic E-state index is 0. The van der Waals surface area contributed by atoms with E-state index in [4.69, 9.17) is 0 Å². The van der Waals surface area contributed by atoms with Crippen LogP contribution >= 0.6 is 0 Å². The van der Waals surface area contributed by atoms with Gasteiger partial charge in [-0.2, -0.15) is 0 Å². The van der Waals surface area contributed by atoms with Gasteiger partial charge in [-0.1, -0.05) is 6.92 Å². The van der Waals surface area contributed by atoms with Crippen LogP contribution in [0.25, 0.3) is 0 Å². The molecule has 0 spiro atoms. The zero-order valence-corrected chi connectivity index (χ0v) is 7.94. The molecule has 0 aromatic rings. The van der Waals surface area contributed by atoms with Gasteiger partial charge in [-0.05, 0) is 37.0 Å². The fourth-order valence-electron chi connectivity index (χ4n) is 2.62. The molecule has 0 unspecified atom stereocenters. The molecule has 2 aliphatic carbocycles. The molecule has 2 rings (SSSR count). The van der Waals surface area contributed by atoms with E-state index in [1.54, 1.807) is 0 Å². The van der Waals surface area contributed by atoms with Crippen molar-refractivity contribution in [1.82, 2.24) is 6.15 Å². The SMILES string of the molecule is CCC(=O)CC12CCC1CC2.N. The van der Waals surface area contributed by atoms with Crippen molar-refractivity contribution in [2.75, 3.05) is 0 Å². The highest BCUT2D eigenvalue weighted by Gasteiger charge is 2.53. The quantitative estimate of drug-likeness (QED) is 0.706. The molecule has 0 aromatic heterocycles. The summed E-state index contributed by atoms with van der Waals surface area (Å²) in [6, 6.07) is 0. The third kappa shape index (κ3) is 1.18. The van der Waals surface area contributed by atoms with Crippen LogP contribution in [0.15, 0.2) is 0 Å². The second kappa shape index (κ2) is 3.17. The normalized spacial score (nSPS) is 36.9. The zero-order chi connectivity index (χ0) is 7.90. The van der Waals surface area contributed by atoms with E-state index in [2.05, 4.69) is 0 Å². The van der Waals surface area contributed by atoms with E-state index in [0.717, 1.165) is 18.8 Å². The molecule has 2 heteroatoms. The second-order valence-electron chi connectivity index (χ2n) is 4.21. The van der Waals surface area contributed by atoms with Gasteiger partial charge >= 0.3 is 0 Å². The van der Waals surface area contributed by atoms with Crippen molar-refractivity contribution >= 4 is 5.78 Å². The van der Waals surface area contributed by atoms with Gasteiger partial charge in [0, 0.05) is 12.8 Å². The van der Waals surface area contributed by atoms with Gasteiger partial charge in [-0.25, -0.2) is 0 Å². The average molecular weight is 169 g/mol. The highest BCUT2D eigenvalue weighted by atomic mass is 16.1. The number of carbonyl (C=O) groups excluding carboxylic acids is 1. The third-order valence-corrected chi connectivity index (χ3v) is 3.79. The van der Waals surface area contributed by atoms with Gasteiger partial charge in [0.15, 0.2) is 0 Å². The first-order valence-corrected chi connectivity index (χ1v) is 4.78. The van der Waals surface area contributed by atoms with Crippen molar-refractivity contribution in [3.8, 4) is 0 Å². The van der Waals surface area contributed by atoms with Crippen LogP contribution in [-0.4, -0.2) is 5.78 Å². The van der Waals surface area contributed by atoms with Crippen LogP contribution in [0.1, 0.15) is 45.4 Å². The first kappa shape index (κ1) is 9.72. The molecule has 0 saturated heterocycles. The molecule has 0 atom stereocenters. The van der Waals surface area contributed by atoms with E-state index in [0.29, 0.717) is 11.2 Å². The molecule has 2 nitrogen and oxygen atoms in total. The third-order valence-electron chi connectivity index (χ3n) is 3.79. The molecule has 2 saturated carbocycles. The smallest absolute Gasteiger partial charge is 0.133 e. The number of hydrogen-bond acceptors (Lipinski definition) is 2. The first-order valence-electron chi connectivity index (χ1n) is 4.78. The Hall–Kier alpha value is -0.370. The van der Waals surface area contributed by atoms with Crippen molar-refractivity contribution in [2.24, 2.45) is 11.3 Å². The summed E-state index contributed by atoms with van der Waals surface area (Å²) < 4.78 is 0. The Balaban J connectivity index is 0.000000720. The fraction of sp³-hybridized carbons (Fsp3) is 0.900. The highest BCUT2D eigenvalue weighted by molar-refractivity contribution is 5.79. The molecule has 0 aliphatic heterocycles. The summed E-state index contributed by atoms with van der Waals surface area (Å²) in [5.41, 5.74) is 0.535. The molecule has 2 fully saturated rings. The lowest BCUT2D eigenvalue weighted by Crippen LogP contribution is -2.49. The molecule has 70 valence electrons. The van der Waals surface area contributed by atoms with Crippen LogP contribution in [0.5, 0.6) is 0 Å². The maximum absolute atomic E-state index is 11.2. The largest absolute Gasteiger partial charge is 0.344 e. The summed E-state index contributed by atoms with van der Waals surface area (Å²) in [6.07, 6.45) is 7.11. The Labute approximate surface area is 74.3 Å². The van der Waals surface area contributed by atoms with Gasteiger partial charge in [0.2, 0.25) is 0 Å². The number of hydrogen-bond donors (Lipinski definition) is 1. The van der Waals surface area contributed by atoms with Gasteiger partial charge in [-0.15, -0.1) is 0 Å². The molecule has 0 bridgehead atoms. The molecule has 0 aromatic carbocycles. The molecular formula is C10H19NO. The molecule has 2 aliphatic rings. The standard InChI is InChI=1S/C10H16O.H3N/c1-2-9(11)7-10-5-3-8(10)4-6-10;/h8H,2-7H2,1H3;1H3. The molecule has 0 heterocycles. The summed E-state index contributed by atoms with van der Waals surface area (Å²) in [5.74, 6) is 1.42. The maximum Gasteiger partial charge on any atom is 0.133 e. The van der Waals surface area contributed by atoms with Crippen LogP contribution in [0.3, 0.4) is 0 Å². The average Bonchev–Trinajstić information content (AvgIpc) is 2.01. The van der Waals surface area contributed by atoms with E-state index >= 15 is 0 Å². The molecule has 0 radical (unpaired) electrons. The predicted octanol–water partition coefficient (Wildman–Crippen LogP) is 2.71. The minimum atomic E-state index is 0. The number of ketones is 1. The first-order chi connectivity index (χ1) is 5.27. The molecule has 12 heavy (non-hydrogen) atoms. The zero-order valence-electron chi connectivity index (χ0n) is 7.94. The summed E-state index contributed by atoms with van der Waals surface area (Å²) in [7, 11) is 0. The van der Waals surface area contributed by atoms with Gasteiger partial charge in [0.05, 0.1) is 0 Å². The lowest BCUT2D eigenvalue weighted by molar-refractivity contribution is -0.134. The van der Waals surface area contributed by atoms with Gasteiger partial charge in [0.25, 0.3) is 0 Å². The van der Waals surface area contributed by atoms with Crippen LogP contribution in [0.4, 0.5) is 0 Å². The monoisotopic (exact) mass is 169 g/mol. The molecular weight excluding hydrogens is 150 g/mol. The van der Waals surface area contributed by atoms with Gasteiger partial charge in [-0.3, -0.25) is 4.79 Å². The van der Waals surface area contributed by atoms with Crippen molar-refractivity contribution in [2.45, 2.75) is 45.4 Å². The second-order valence-corrected chi connectivity index (χ2v) is 4.21. The van der Waals surface area contributed by atoms with Gasteiger partial charge in [0.1, 0.15) is 5.78 Å². The van der Waals surface area contributed by atoms with E-state index in [9.17, 15) is 4.79 Å². The van der Waals surface area contributed by atoms with E-state index in [-0.39, 0.29) is 6.15 Å². The van der Waals surface area contributed by atoms with Crippen molar-refractivity contribution in [3.05, 3.63) is 0 Å². The van der Waals surface area contributed by atoms with E-state index < -0.39 is 0 Å². The molecule has 3 N–H and O–H groups in total. The van der Waals surface area contributed by atoms with Crippen LogP contribution < -0.4 is 6.15 Å². The maximum atomic E-state index is 11.2. The predicted molar refractivity (Wildman–Crippen MR) is 49.3 cm³/mol. The lowest BCUT2D eigenvalue weighted by Gasteiger charge is -2.58. The lowest BCUT2D eigenvalue weighted by atomic mass is 9.46. The minimum Gasteiger partial charge on any atom is -0.344 e. The Morgan fingerprint density at radius 1 is 1.42 bits per heavy atom. The summed E-state index contributed by atoms with van der Waals surface area (Å²) in [5, 5.41) is 0. The van der Waals surface area contributed by atoms with E-state index in [1.807, 2.05) is 6.92 Å². The van der Waals surface area contributed by atoms with Crippen LogP contribution in [-0.2, 0) is 4.79 Å². The van der Waals surface area contributed by atoms with Crippen molar-refractivity contribution < 1.29 is 4.79 Å². The number of fused-ring (bicyclic) bond motifs is 1. The number of carbonyl (C=O) groups is 1. The van der Waals surface area contributed by atoms with Crippen molar-refractivity contribution in [1.29, 1.82) is 0 Å². The highest BCUT2D eigenvalue weighted by Crippen LogP contribution is 2.63. The number of Topliss-reactive ketones (excluding diaryl/α,β-unsaturated/α-hetero) is 1. The Kier molecular flexibility index (Phi) is 2.57. The van der Waals surface area contributed by atoms with Gasteiger partial charge < -0.3 is 6.15 Å². The summed E-state index contributed by atoms with van der Waals surface area (Å²) in [6.45, 7) is 1.98. The summed E-state index contributed by atoms with van der Waals surface area (Å²) >= 11 is 0. The topological polar surface area (TPSA) is 52.1 Å². The number of rotatable bonds is 3. The Morgan fingerprint density at radius 2 is 2.00 bits per heavy atom. The summed E-state index contributed by atoms with van der Waals surface area (Å²) in [4.78, 5) is 11.2. The molecule has 0 amide bonds. The Bertz CT molecular complexity index is 180. The van der Waals surface area contributed by atoms with E-state index in [1.165, 1.54) is 25.7 Å². The fourth-order valence-corrected chi connectivity index (χ4v) is 2.62. The van der Waals surface area contributed by atoms with Crippen molar-refractivity contribution in [3.63, 3.8) is 0 Å². The Morgan fingerprint density at radius 3 is 2.25 bits per heavy atom. The van der Waals surface area contributed by atoms with Crippen LogP contribution in [0, 0.1) is 11.3 Å². The van der Waals surface area contributed by atoms with Crippen LogP contribution in [0.2, 0.25) is 0 Å².